The first-order valence-electron chi connectivity index (χ1n) is 5.24. The Labute approximate surface area is 103 Å². The van der Waals surface area contributed by atoms with Gasteiger partial charge in [0.25, 0.3) is 0 Å². The average Bonchev–Trinajstić information content (AvgIpc) is 2.16. The monoisotopic (exact) mass is 252 g/mol. The lowest BCUT2D eigenvalue weighted by molar-refractivity contribution is -0.144. The van der Waals surface area contributed by atoms with Crippen molar-refractivity contribution in [1.82, 2.24) is 5.32 Å². The number of carbonyl (C=O) groups is 2. The third kappa shape index (κ3) is 9.73. The van der Waals surface area contributed by atoms with Gasteiger partial charge in [0, 0.05) is 13.5 Å². The molecule has 0 heterocycles. The highest BCUT2D eigenvalue weighted by Crippen LogP contribution is 2.00. The highest BCUT2D eigenvalue weighted by atomic mass is 35.5. The average molecular weight is 253 g/mol. The first kappa shape index (κ1) is 17.6. The predicted octanol–water partition coefficient (Wildman–Crippen LogP) is 0.605. The largest absolute Gasteiger partial charge is 0.465 e. The standard InChI is InChI=1S/C10H20N2O3.ClH/c1-3-15-10(14)9(11)6-4-5-7-12-8(2)13;/h9H,3-7,11H2,1-2H3,(H,12,13);1H. The molecule has 3 N–H and O–H groups in total. The van der Waals surface area contributed by atoms with Crippen molar-refractivity contribution in [3.05, 3.63) is 0 Å². The Morgan fingerprint density at radius 2 is 2.00 bits per heavy atom. The number of halogens is 1. The summed E-state index contributed by atoms with van der Waals surface area (Å²) in [7, 11) is 0. The van der Waals surface area contributed by atoms with E-state index in [4.69, 9.17) is 10.5 Å². The minimum absolute atomic E-state index is 0. The maximum absolute atomic E-state index is 11.1. The molecule has 6 heteroatoms. The van der Waals surface area contributed by atoms with Crippen LogP contribution in [0.2, 0.25) is 0 Å². The van der Waals surface area contributed by atoms with Crippen LogP contribution in [0.15, 0.2) is 0 Å². The molecule has 1 amide bonds. The second-order valence-electron chi connectivity index (χ2n) is 3.34. The van der Waals surface area contributed by atoms with E-state index in [-0.39, 0.29) is 24.3 Å². The Morgan fingerprint density at radius 1 is 1.38 bits per heavy atom. The number of nitrogens with one attached hydrogen (secondary N) is 1. The molecule has 0 fully saturated rings. The number of rotatable bonds is 7. The van der Waals surface area contributed by atoms with Gasteiger partial charge in [-0.05, 0) is 26.2 Å². The second-order valence-corrected chi connectivity index (χ2v) is 3.34. The van der Waals surface area contributed by atoms with Gasteiger partial charge < -0.3 is 15.8 Å². The summed E-state index contributed by atoms with van der Waals surface area (Å²) in [5, 5.41) is 2.68. The fourth-order valence-electron chi connectivity index (χ4n) is 1.12. The van der Waals surface area contributed by atoms with Crippen LogP contribution >= 0.6 is 12.4 Å². The Bertz CT molecular complexity index is 212. The molecule has 96 valence electrons. The first-order chi connectivity index (χ1) is 7.07. The smallest absolute Gasteiger partial charge is 0.322 e. The molecule has 1 atom stereocenters. The summed E-state index contributed by atoms with van der Waals surface area (Å²) in [6.45, 7) is 4.22. The van der Waals surface area contributed by atoms with Crippen molar-refractivity contribution in [1.29, 1.82) is 0 Å². The van der Waals surface area contributed by atoms with Crippen LogP contribution in [0.1, 0.15) is 33.1 Å². The molecule has 0 aliphatic carbocycles. The number of ether oxygens (including phenoxy) is 1. The van der Waals surface area contributed by atoms with Gasteiger partial charge in [-0.1, -0.05) is 0 Å². The minimum atomic E-state index is -0.540. The van der Waals surface area contributed by atoms with Crippen LogP contribution in [0.3, 0.4) is 0 Å². The van der Waals surface area contributed by atoms with Crippen molar-refractivity contribution in [3.8, 4) is 0 Å². The molecule has 0 saturated heterocycles. The maximum Gasteiger partial charge on any atom is 0.322 e. The zero-order chi connectivity index (χ0) is 11.7. The van der Waals surface area contributed by atoms with Crippen LogP contribution < -0.4 is 11.1 Å². The molecule has 0 aromatic heterocycles. The summed E-state index contributed by atoms with van der Waals surface area (Å²) < 4.78 is 4.77. The summed E-state index contributed by atoms with van der Waals surface area (Å²) in [5.41, 5.74) is 5.58. The molecule has 16 heavy (non-hydrogen) atoms. The molecule has 0 bridgehead atoms. The minimum Gasteiger partial charge on any atom is -0.465 e. The number of nitrogens with two attached hydrogens (primary N) is 1. The molecule has 0 aromatic rings. The molecule has 5 nitrogen and oxygen atoms in total. The van der Waals surface area contributed by atoms with Gasteiger partial charge in [-0.25, -0.2) is 0 Å². The predicted molar refractivity (Wildman–Crippen MR) is 64.4 cm³/mol. The number of hydrogen-bond acceptors (Lipinski definition) is 4. The van der Waals surface area contributed by atoms with Gasteiger partial charge in [-0.15, -0.1) is 12.4 Å². The van der Waals surface area contributed by atoms with E-state index in [0.717, 1.165) is 12.8 Å². The van der Waals surface area contributed by atoms with E-state index in [2.05, 4.69) is 5.32 Å². The SMILES string of the molecule is CCOC(=O)C(N)CCCCNC(C)=O.Cl. The van der Waals surface area contributed by atoms with E-state index in [1.165, 1.54) is 6.92 Å². The number of amides is 1. The summed E-state index contributed by atoms with van der Waals surface area (Å²) in [4.78, 5) is 21.6. The van der Waals surface area contributed by atoms with Crippen LogP contribution in [0, 0.1) is 0 Å². The van der Waals surface area contributed by atoms with Crippen LogP contribution in [-0.2, 0) is 14.3 Å². The van der Waals surface area contributed by atoms with E-state index in [9.17, 15) is 9.59 Å². The number of unbranched alkanes of at least 4 members (excludes halogenated alkanes) is 1. The van der Waals surface area contributed by atoms with E-state index in [1.54, 1.807) is 6.92 Å². The van der Waals surface area contributed by atoms with Gasteiger partial charge in [0.1, 0.15) is 6.04 Å². The fraction of sp³-hybridized carbons (Fsp3) is 0.800. The number of esters is 1. The molecule has 0 radical (unpaired) electrons. The van der Waals surface area contributed by atoms with Crippen molar-refractivity contribution in [2.75, 3.05) is 13.2 Å². The first-order valence-corrected chi connectivity index (χ1v) is 5.24. The Balaban J connectivity index is 0. The normalized spacial score (nSPS) is 11.2. The molecular weight excluding hydrogens is 232 g/mol. The highest BCUT2D eigenvalue weighted by molar-refractivity contribution is 5.85. The number of carbonyl (C=O) groups excluding carboxylic acids is 2. The quantitative estimate of drug-likeness (QED) is 0.514. The fourth-order valence-corrected chi connectivity index (χ4v) is 1.12. The van der Waals surface area contributed by atoms with Crippen molar-refractivity contribution >= 4 is 24.3 Å². The molecule has 0 rings (SSSR count). The van der Waals surface area contributed by atoms with E-state index >= 15 is 0 Å². The molecule has 0 aliphatic rings. The third-order valence-electron chi connectivity index (χ3n) is 1.91. The zero-order valence-corrected chi connectivity index (χ0v) is 10.6. The molecule has 1 unspecified atom stereocenters. The lowest BCUT2D eigenvalue weighted by atomic mass is 10.1. The lowest BCUT2D eigenvalue weighted by Crippen LogP contribution is -2.32. The van der Waals surface area contributed by atoms with Gasteiger partial charge >= 0.3 is 5.97 Å². The van der Waals surface area contributed by atoms with Crippen molar-refractivity contribution in [2.45, 2.75) is 39.2 Å². The maximum atomic E-state index is 11.1. The summed E-state index contributed by atoms with van der Waals surface area (Å²) in [5.74, 6) is -0.387. The highest BCUT2D eigenvalue weighted by Gasteiger charge is 2.13. The van der Waals surface area contributed by atoms with Gasteiger partial charge in [-0.3, -0.25) is 9.59 Å². The van der Waals surface area contributed by atoms with Crippen LogP contribution in [0.5, 0.6) is 0 Å². The number of hydrogen-bond donors (Lipinski definition) is 2. The summed E-state index contributed by atoms with van der Waals surface area (Å²) in [6.07, 6.45) is 2.23. The van der Waals surface area contributed by atoms with E-state index in [1.807, 2.05) is 0 Å². The van der Waals surface area contributed by atoms with Crippen LogP contribution in [-0.4, -0.2) is 31.1 Å². The van der Waals surface area contributed by atoms with Gasteiger partial charge in [0.2, 0.25) is 5.91 Å². The van der Waals surface area contributed by atoms with Crippen molar-refractivity contribution in [2.24, 2.45) is 5.73 Å². The topological polar surface area (TPSA) is 81.4 Å². The van der Waals surface area contributed by atoms with Crippen LogP contribution in [0.4, 0.5) is 0 Å². The summed E-state index contributed by atoms with van der Waals surface area (Å²) in [6, 6.07) is -0.540. The molecule has 0 saturated carbocycles. The lowest BCUT2D eigenvalue weighted by Gasteiger charge is -2.09. The Hall–Kier alpha value is -0.810. The van der Waals surface area contributed by atoms with E-state index < -0.39 is 6.04 Å². The second kappa shape index (κ2) is 10.7. The van der Waals surface area contributed by atoms with Crippen molar-refractivity contribution < 1.29 is 14.3 Å². The third-order valence-corrected chi connectivity index (χ3v) is 1.91. The zero-order valence-electron chi connectivity index (χ0n) is 9.82. The van der Waals surface area contributed by atoms with Gasteiger partial charge in [0.05, 0.1) is 6.61 Å². The van der Waals surface area contributed by atoms with Gasteiger partial charge in [-0.2, -0.15) is 0 Å². The molecular formula is C10H21ClN2O3. The van der Waals surface area contributed by atoms with Gasteiger partial charge in [0.15, 0.2) is 0 Å². The van der Waals surface area contributed by atoms with Crippen LogP contribution in [0.25, 0.3) is 0 Å². The molecule has 0 aromatic carbocycles. The summed E-state index contributed by atoms with van der Waals surface area (Å²) >= 11 is 0. The Morgan fingerprint density at radius 3 is 2.50 bits per heavy atom. The Kier molecular flexibility index (Phi) is 11.8. The molecule has 0 spiro atoms. The van der Waals surface area contributed by atoms with E-state index in [0.29, 0.717) is 19.6 Å². The molecule has 0 aliphatic heterocycles. The van der Waals surface area contributed by atoms with Crippen molar-refractivity contribution in [3.63, 3.8) is 0 Å².